The lowest BCUT2D eigenvalue weighted by molar-refractivity contribution is 0.0741. The standard InChI is InChI=1S/C13H18N4O2/c1-8(2)11-6-12(19-16-11)13(18)17(4)7-10-5-9(3)14-15-10/h5-6,8H,7H2,1-4H3,(H,14,15). The molecule has 0 aromatic carbocycles. The predicted octanol–water partition coefficient (Wildman–Crippen LogP) is 2.10. The van der Waals surface area contributed by atoms with Gasteiger partial charge in [-0.3, -0.25) is 9.89 Å². The van der Waals surface area contributed by atoms with E-state index in [9.17, 15) is 4.79 Å². The zero-order valence-electron chi connectivity index (χ0n) is 11.6. The predicted molar refractivity (Wildman–Crippen MR) is 69.7 cm³/mol. The van der Waals surface area contributed by atoms with Gasteiger partial charge in [0.2, 0.25) is 5.76 Å². The molecule has 0 atom stereocenters. The normalized spacial score (nSPS) is 11.0. The van der Waals surface area contributed by atoms with Gasteiger partial charge in [-0.25, -0.2) is 0 Å². The minimum absolute atomic E-state index is 0.194. The molecule has 0 bridgehead atoms. The van der Waals surface area contributed by atoms with Crippen LogP contribution in [0, 0.1) is 6.92 Å². The number of hydrogen-bond donors (Lipinski definition) is 1. The molecule has 1 N–H and O–H groups in total. The molecule has 6 nitrogen and oxygen atoms in total. The fraction of sp³-hybridized carbons (Fsp3) is 0.462. The van der Waals surface area contributed by atoms with Crippen LogP contribution in [0.15, 0.2) is 16.7 Å². The Labute approximate surface area is 111 Å². The number of carbonyl (C=O) groups excluding carboxylic acids is 1. The molecule has 2 aromatic heterocycles. The van der Waals surface area contributed by atoms with Crippen LogP contribution in [0.25, 0.3) is 0 Å². The highest BCUT2D eigenvalue weighted by molar-refractivity contribution is 5.91. The van der Waals surface area contributed by atoms with Crippen LogP contribution in [0.2, 0.25) is 0 Å². The van der Waals surface area contributed by atoms with Crippen molar-refractivity contribution in [3.63, 3.8) is 0 Å². The van der Waals surface area contributed by atoms with Crippen molar-refractivity contribution in [2.45, 2.75) is 33.2 Å². The lowest BCUT2D eigenvalue weighted by atomic mass is 10.1. The van der Waals surface area contributed by atoms with Crippen molar-refractivity contribution in [3.8, 4) is 0 Å². The van der Waals surface area contributed by atoms with Crippen LogP contribution < -0.4 is 0 Å². The second kappa shape index (κ2) is 5.26. The number of aryl methyl sites for hydroxylation is 1. The molecule has 102 valence electrons. The SMILES string of the molecule is Cc1cc(CN(C)C(=O)c2cc(C(C)C)no2)n[nH]1. The van der Waals surface area contributed by atoms with Crippen molar-refractivity contribution in [1.29, 1.82) is 0 Å². The van der Waals surface area contributed by atoms with Gasteiger partial charge in [-0.15, -0.1) is 0 Å². The summed E-state index contributed by atoms with van der Waals surface area (Å²) >= 11 is 0. The number of aromatic amines is 1. The number of nitrogens with zero attached hydrogens (tertiary/aromatic N) is 3. The van der Waals surface area contributed by atoms with Crippen LogP contribution in [0.4, 0.5) is 0 Å². The molecule has 0 saturated heterocycles. The van der Waals surface area contributed by atoms with E-state index >= 15 is 0 Å². The topological polar surface area (TPSA) is 75.0 Å². The Bertz CT molecular complexity index is 571. The van der Waals surface area contributed by atoms with Crippen LogP contribution >= 0.6 is 0 Å². The van der Waals surface area contributed by atoms with E-state index < -0.39 is 0 Å². The van der Waals surface area contributed by atoms with E-state index in [4.69, 9.17) is 4.52 Å². The highest BCUT2D eigenvalue weighted by Crippen LogP contribution is 2.15. The first-order valence-corrected chi connectivity index (χ1v) is 6.20. The van der Waals surface area contributed by atoms with Crippen LogP contribution in [0.3, 0.4) is 0 Å². The molecule has 0 unspecified atom stereocenters. The monoisotopic (exact) mass is 262 g/mol. The van der Waals surface area contributed by atoms with Crippen LogP contribution in [0.5, 0.6) is 0 Å². The Hall–Kier alpha value is -2.11. The Morgan fingerprint density at radius 1 is 1.47 bits per heavy atom. The maximum absolute atomic E-state index is 12.1. The average molecular weight is 262 g/mol. The summed E-state index contributed by atoms with van der Waals surface area (Å²) in [6.07, 6.45) is 0. The van der Waals surface area contributed by atoms with E-state index in [1.165, 1.54) is 0 Å². The highest BCUT2D eigenvalue weighted by Gasteiger charge is 2.19. The number of hydrogen-bond acceptors (Lipinski definition) is 4. The molecule has 0 saturated carbocycles. The summed E-state index contributed by atoms with van der Waals surface area (Å²) in [6.45, 7) is 6.36. The molecule has 6 heteroatoms. The molecule has 1 amide bonds. The first-order valence-electron chi connectivity index (χ1n) is 6.20. The van der Waals surface area contributed by atoms with Gasteiger partial charge in [-0.1, -0.05) is 19.0 Å². The molecule has 0 aliphatic heterocycles. The summed E-state index contributed by atoms with van der Waals surface area (Å²) in [7, 11) is 1.71. The summed E-state index contributed by atoms with van der Waals surface area (Å²) in [4.78, 5) is 13.7. The lowest BCUT2D eigenvalue weighted by Crippen LogP contribution is -2.26. The second-order valence-corrected chi connectivity index (χ2v) is 4.97. The zero-order chi connectivity index (χ0) is 14.0. The second-order valence-electron chi connectivity index (χ2n) is 4.97. The number of nitrogens with one attached hydrogen (secondary N) is 1. The van der Waals surface area contributed by atoms with Crippen molar-refractivity contribution in [3.05, 3.63) is 35.0 Å². The summed E-state index contributed by atoms with van der Waals surface area (Å²) in [5, 5.41) is 10.8. The minimum atomic E-state index is -0.194. The quantitative estimate of drug-likeness (QED) is 0.915. The highest BCUT2D eigenvalue weighted by atomic mass is 16.5. The molecular formula is C13H18N4O2. The van der Waals surface area contributed by atoms with E-state index in [-0.39, 0.29) is 17.6 Å². The van der Waals surface area contributed by atoms with E-state index in [2.05, 4.69) is 15.4 Å². The number of H-pyrrole nitrogens is 1. The maximum atomic E-state index is 12.1. The van der Waals surface area contributed by atoms with Gasteiger partial charge >= 0.3 is 0 Å². The van der Waals surface area contributed by atoms with Crippen molar-refractivity contribution in [1.82, 2.24) is 20.3 Å². The fourth-order valence-electron chi connectivity index (χ4n) is 1.72. The average Bonchev–Trinajstić information content (AvgIpc) is 2.97. The van der Waals surface area contributed by atoms with Gasteiger partial charge in [0, 0.05) is 18.8 Å². The number of aromatic nitrogens is 3. The Kier molecular flexibility index (Phi) is 3.69. The van der Waals surface area contributed by atoms with Gasteiger partial charge in [0.15, 0.2) is 0 Å². The minimum Gasteiger partial charge on any atom is -0.351 e. The molecule has 0 fully saturated rings. The third-order valence-corrected chi connectivity index (χ3v) is 2.84. The van der Waals surface area contributed by atoms with Crippen molar-refractivity contribution < 1.29 is 9.32 Å². The van der Waals surface area contributed by atoms with Crippen LogP contribution in [-0.2, 0) is 6.54 Å². The van der Waals surface area contributed by atoms with E-state index in [0.717, 1.165) is 17.1 Å². The molecule has 2 heterocycles. The zero-order valence-corrected chi connectivity index (χ0v) is 11.6. The Balaban J connectivity index is 2.05. The van der Waals surface area contributed by atoms with Gasteiger partial charge in [0.05, 0.1) is 17.9 Å². The Morgan fingerprint density at radius 2 is 2.21 bits per heavy atom. The first kappa shape index (κ1) is 13.3. The van der Waals surface area contributed by atoms with E-state index in [1.54, 1.807) is 18.0 Å². The van der Waals surface area contributed by atoms with Crippen molar-refractivity contribution in [2.24, 2.45) is 0 Å². The van der Waals surface area contributed by atoms with Gasteiger partial charge in [0.1, 0.15) is 0 Å². The molecule has 0 radical (unpaired) electrons. The van der Waals surface area contributed by atoms with Gasteiger partial charge in [-0.05, 0) is 18.9 Å². The molecule has 2 rings (SSSR count). The number of amides is 1. The summed E-state index contributed by atoms with van der Waals surface area (Å²) in [5.41, 5.74) is 2.57. The largest absolute Gasteiger partial charge is 0.351 e. The maximum Gasteiger partial charge on any atom is 0.292 e. The molecule has 0 spiro atoms. The molecule has 19 heavy (non-hydrogen) atoms. The van der Waals surface area contributed by atoms with Crippen molar-refractivity contribution in [2.75, 3.05) is 7.05 Å². The summed E-state index contributed by atoms with van der Waals surface area (Å²) in [5.74, 6) is 0.308. The third kappa shape index (κ3) is 3.01. The third-order valence-electron chi connectivity index (χ3n) is 2.84. The van der Waals surface area contributed by atoms with Crippen molar-refractivity contribution >= 4 is 5.91 Å². The van der Waals surface area contributed by atoms with Gasteiger partial charge < -0.3 is 9.42 Å². The molecule has 2 aromatic rings. The van der Waals surface area contributed by atoms with Gasteiger partial charge in [-0.2, -0.15) is 5.10 Å². The van der Waals surface area contributed by atoms with E-state index in [1.807, 2.05) is 26.8 Å². The van der Waals surface area contributed by atoms with Crippen LogP contribution in [0.1, 0.15) is 47.4 Å². The summed E-state index contributed by atoms with van der Waals surface area (Å²) < 4.78 is 5.08. The fourth-order valence-corrected chi connectivity index (χ4v) is 1.72. The van der Waals surface area contributed by atoms with Crippen LogP contribution in [-0.4, -0.2) is 33.2 Å². The Morgan fingerprint density at radius 3 is 2.74 bits per heavy atom. The number of rotatable bonds is 4. The molecular weight excluding hydrogens is 244 g/mol. The lowest BCUT2D eigenvalue weighted by Gasteiger charge is -2.13. The first-order chi connectivity index (χ1) is 8.97. The smallest absolute Gasteiger partial charge is 0.292 e. The molecule has 0 aliphatic carbocycles. The molecule has 0 aliphatic rings. The van der Waals surface area contributed by atoms with Gasteiger partial charge in [0.25, 0.3) is 5.91 Å². The summed E-state index contributed by atoms with van der Waals surface area (Å²) in [6, 6.07) is 3.60. The van der Waals surface area contributed by atoms with E-state index in [0.29, 0.717) is 6.54 Å². The number of carbonyl (C=O) groups is 1.